The van der Waals surface area contributed by atoms with Gasteiger partial charge < -0.3 is 14.6 Å². The van der Waals surface area contributed by atoms with Crippen LogP contribution in [-0.4, -0.2) is 40.1 Å². The summed E-state index contributed by atoms with van der Waals surface area (Å²) in [6.45, 7) is 5.46. The molecular formula is C22H26N4O2S. The van der Waals surface area contributed by atoms with Gasteiger partial charge in [0.1, 0.15) is 5.75 Å². The van der Waals surface area contributed by atoms with Crippen molar-refractivity contribution >= 4 is 17.7 Å². The van der Waals surface area contributed by atoms with Crippen LogP contribution in [0.1, 0.15) is 18.1 Å². The summed E-state index contributed by atoms with van der Waals surface area (Å²) in [7, 11) is 1.65. The number of carbonyl (C=O) groups excluding carboxylic acids is 1. The average Bonchev–Trinajstić information content (AvgIpc) is 3.15. The van der Waals surface area contributed by atoms with Gasteiger partial charge in [0.25, 0.3) is 0 Å². The number of hydrogen-bond acceptors (Lipinski definition) is 5. The van der Waals surface area contributed by atoms with E-state index in [9.17, 15) is 4.79 Å². The fourth-order valence-corrected chi connectivity index (χ4v) is 3.83. The number of aromatic nitrogens is 3. The van der Waals surface area contributed by atoms with Crippen molar-refractivity contribution in [3.63, 3.8) is 0 Å². The van der Waals surface area contributed by atoms with Crippen LogP contribution in [0, 0.1) is 6.92 Å². The Bertz CT molecular complexity index is 954. The van der Waals surface area contributed by atoms with Gasteiger partial charge in [0, 0.05) is 18.7 Å². The number of carbonyl (C=O) groups is 1. The van der Waals surface area contributed by atoms with Crippen molar-refractivity contribution in [1.82, 2.24) is 20.1 Å². The molecule has 2 aromatic carbocycles. The summed E-state index contributed by atoms with van der Waals surface area (Å²) in [5, 5.41) is 12.4. The standard InChI is InChI=1S/C22H26N4O2S/c1-4-26-21(18-7-5-6-16(2)14-18)24-25-22(26)29-15-20(27)23-13-12-17-8-10-19(28-3)11-9-17/h5-11,14H,4,12-13,15H2,1-3H3,(H,23,27). The second kappa shape index (κ2) is 10.1. The van der Waals surface area contributed by atoms with Gasteiger partial charge in [-0.25, -0.2) is 0 Å². The number of nitrogens with one attached hydrogen (secondary N) is 1. The summed E-state index contributed by atoms with van der Waals surface area (Å²) in [4.78, 5) is 12.2. The molecule has 1 heterocycles. The number of thioether (sulfide) groups is 1. The first-order valence-corrected chi connectivity index (χ1v) is 10.6. The van der Waals surface area contributed by atoms with E-state index in [4.69, 9.17) is 4.74 Å². The van der Waals surface area contributed by atoms with E-state index >= 15 is 0 Å². The molecule has 0 saturated heterocycles. The van der Waals surface area contributed by atoms with Crippen molar-refractivity contribution in [3.05, 3.63) is 59.7 Å². The maximum Gasteiger partial charge on any atom is 0.230 e. The topological polar surface area (TPSA) is 69.0 Å². The minimum absolute atomic E-state index is 0.00808. The molecule has 0 saturated carbocycles. The third kappa shape index (κ3) is 5.60. The van der Waals surface area contributed by atoms with Crippen molar-refractivity contribution < 1.29 is 9.53 Å². The SMILES string of the molecule is CCn1c(SCC(=O)NCCc2ccc(OC)cc2)nnc1-c1cccc(C)c1. The summed E-state index contributed by atoms with van der Waals surface area (Å²) in [6, 6.07) is 16.1. The summed E-state index contributed by atoms with van der Waals surface area (Å²) >= 11 is 1.41. The van der Waals surface area contributed by atoms with Crippen LogP contribution < -0.4 is 10.1 Å². The van der Waals surface area contributed by atoms with E-state index in [1.807, 2.05) is 41.0 Å². The lowest BCUT2D eigenvalue weighted by Crippen LogP contribution is -2.27. The molecule has 1 N–H and O–H groups in total. The fourth-order valence-electron chi connectivity index (χ4n) is 3.00. The number of benzene rings is 2. The van der Waals surface area contributed by atoms with E-state index in [0.717, 1.165) is 40.8 Å². The number of methoxy groups -OCH3 is 1. The lowest BCUT2D eigenvalue weighted by Gasteiger charge is -2.08. The van der Waals surface area contributed by atoms with Gasteiger partial charge in [-0.05, 0) is 44.0 Å². The summed E-state index contributed by atoms with van der Waals surface area (Å²) in [5.41, 5.74) is 3.38. The first-order valence-electron chi connectivity index (χ1n) is 9.63. The zero-order valence-electron chi connectivity index (χ0n) is 17.0. The third-order valence-electron chi connectivity index (χ3n) is 4.54. The molecule has 29 heavy (non-hydrogen) atoms. The van der Waals surface area contributed by atoms with E-state index in [1.54, 1.807) is 7.11 Å². The minimum atomic E-state index is -0.00808. The van der Waals surface area contributed by atoms with Crippen molar-refractivity contribution in [2.45, 2.75) is 32.0 Å². The van der Waals surface area contributed by atoms with Crippen LogP contribution in [-0.2, 0) is 17.8 Å². The Balaban J connectivity index is 1.52. The molecule has 0 unspecified atom stereocenters. The highest BCUT2D eigenvalue weighted by molar-refractivity contribution is 7.99. The molecule has 0 aliphatic rings. The van der Waals surface area contributed by atoms with Crippen LogP contribution in [0.2, 0.25) is 0 Å². The summed E-state index contributed by atoms with van der Waals surface area (Å²) in [5.74, 6) is 1.97. The van der Waals surface area contributed by atoms with Crippen molar-refractivity contribution in [1.29, 1.82) is 0 Å². The molecular weight excluding hydrogens is 384 g/mol. The third-order valence-corrected chi connectivity index (χ3v) is 5.50. The second-order valence-electron chi connectivity index (χ2n) is 6.66. The quantitative estimate of drug-likeness (QED) is 0.544. The molecule has 0 fully saturated rings. The molecule has 6 nitrogen and oxygen atoms in total. The maximum atomic E-state index is 12.2. The fraction of sp³-hybridized carbons (Fsp3) is 0.318. The van der Waals surface area contributed by atoms with E-state index < -0.39 is 0 Å². The smallest absolute Gasteiger partial charge is 0.230 e. The Labute approximate surface area is 175 Å². The van der Waals surface area contributed by atoms with E-state index in [1.165, 1.54) is 17.3 Å². The normalized spacial score (nSPS) is 10.7. The molecule has 0 atom stereocenters. The van der Waals surface area contributed by atoms with Crippen LogP contribution in [0.15, 0.2) is 53.7 Å². The number of hydrogen-bond donors (Lipinski definition) is 1. The monoisotopic (exact) mass is 410 g/mol. The zero-order valence-corrected chi connectivity index (χ0v) is 17.8. The van der Waals surface area contributed by atoms with Crippen LogP contribution in [0.3, 0.4) is 0 Å². The number of aryl methyl sites for hydroxylation is 1. The highest BCUT2D eigenvalue weighted by Gasteiger charge is 2.14. The number of rotatable bonds is 9. The Hall–Kier alpha value is -2.80. The molecule has 1 amide bonds. The molecule has 3 rings (SSSR count). The average molecular weight is 411 g/mol. The van der Waals surface area contributed by atoms with Gasteiger partial charge in [-0.3, -0.25) is 4.79 Å². The summed E-state index contributed by atoms with van der Waals surface area (Å²) < 4.78 is 7.20. The Morgan fingerprint density at radius 2 is 1.97 bits per heavy atom. The van der Waals surface area contributed by atoms with E-state index in [2.05, 4.69) is 41.5 Å². The Kier molecular flexibility index (Phi) is 7.30. The predicted molar refractivity (Wildman–Crippen MR) is 116 cm³/mol. The van der Waals surface area contributed by atoms with Gasteiger partial charge in [0.15, 0.2) is 11.0 Å². The first kappa shape index (κ1) is 20.9. The first-order chi connectivity index (χ1) is 14.1. The van der Waals surface area contributed by atoms with Crippen molar-refractivity contribution in [2.75, 3.05) is 19.4 Å². The molecule has 152 valence electrons. The zero-order chi connectivity index (χ0) is 20.6. The summed E-state index contributed by atoms with van der Waals surface area (Å²) in [6.07, 6.45) is 0.781. The lowest BCUT2D eigenvalue weighted by molar-refractivity contribution is -0.118. The maximum absolute atomic E-state index is 12.2. The van der Waals surface area contributed by atoms with Gasteiger partial charge in [0.05, 0.1) is 12.9 Å². The van der Waals surface area contributed by atoms with Gasteiger partial charge in [-0.2, -0.15) is 0 Å². The number of ether oxygens (including phenoxy) is 1. The van der Waals surface area contributed by atoms with Gasteiger partial charge in [-0.15, -0.1) is 10.2 Å². The van der Waals surface area contributed by atoms with E-state index in [-0.39, 0.29) is 5.91 Å². The molecule has 1 aromatic heterocycles. The Morgan fingerprint density at radius 1 is 1.17 bits per heavy atom. The molecule has 3 aromatic rings. The van der Waals surface area contributed by atoms with E-state index in [0.29, 0.717) is 12.3 Å². The lowest BCUT2D eigenvalue weighted by atomic mass is 10.1. The highest BCUT2D eigenvalue weighted by atomic mass is 32.2. The highest BCUT2D eigenvalue weighted by Crippen LogP contribution is 2.24. The number of amides is 1. The van der Waals surface area contributed by atoms with Gasteiger partial charge >= 0.3 is 0 Å². The van der Waals surface area contributed by atoms with Crippen LogP contribution >= 0.6 is 11.8 Å². The second-order valence-corrected chi connectivity index (χ2v) is 7.60. The van der Waals surface area contributed by atoms with Crippen molar-refractivity contribution in [2.24, 2.45) is 0 Å². The molecule has 0 bridgehead atoms. The van der Waals surface area contributed by atoms with Gasteiger partial charge in [0.2, 0.25) is 5.91 Å². The minimum Gasteiger partial charge on any atom is -0.497 e. The molecule has 0 aliphatic heterocycles. The van der Waals surface area contributed by atoms with Crippen LogP contribution in [0.4, 0.5) is 0 Å². The molecule has 0 aliphatic carbocycles. The van der Waals surface area contributed by atoms with Gasteiger partial charge in [-0.1, -0.05) is 47.7 Å². The Morgan fingerprint density at radius 3 is 2.66 bits per heavy atom. The molecule has 0 radical (unpaired) electrons. The van der Waals surface area contributed by atoms with Crippen molar-refractivity contribution in [3.8, 4) is 17.1 Å². The molecule has 0 spiro atoms. The van der Waals surface area contributed by atoms with Crippen LogP contribution in [0.25, 0.3) is 11.4 Å². The molecule has 7 heteroatoms. The van der Waals surface area contributed by atoms with Crippen LogP contribution in [0.5, 0.6) is 5.75 Å². The largest absolute Gasteiger partial charge is 0.497 e. The number of nitrogens with zero attached hydrogens (tertiary/aromatic N) is 3. The predicted octanol–water partition coefficient (Wildman–Crippen LogP) is 3.73.